The summed E-state index contributed by atoms with van der Waals surface area (Å²) in [5.41, 5.74) is 2.45. The third kappa shape index (κ3) is 6.50. The van der Waals surface area contributed by atoms with Crippen LogP contribution in [-0.4, -0.2) is 38.4 Å². The van der Waals surface area contributed by atoms with Crippen LogP contribution < -0.4 is 26.5 Å². The summed E-state index contributed by atoms with van der Waals surface area (Å²) in [6.07, 6.45) is -2.51. The van der Waals surface area contributed by atoms with Crippen LogP contribution in [0.15, 0.2) is 47.7 Å². The number of hydrogen-bond acceptors (Lipinski definition) is 8. The smallest absolute Gasteiger partial charge is 0.416 e. The average molecular weight is 593 g/mol. The fourth-order valence-corrected chi connectivity index (χ4v) is 4.75. The Bertz CT molecular complexity index is 1600. The van der Waals surface area contributed by atoms with Crippen LogP contribution in [0.25, 0.3) is 16.9 Å². The maximum absolute atomic E-state index is 13.6. The molecule has 2 fully saturated rings. The second-order valence-electron chi connectivity index (χ2n) is 9.04. The molecule has 15 heteroatoms. The van der Waals surface area contributed by atoms with Gasteiger partial charge in [-0.2, -0.15) is 13.2 Å². The highest BCUT2D eigenvalue weighted by molar-refractivity contribution is 8.00. The van der Waals surface area contributed by atoms with Crippen molar-refractivity contribution in [3.63, 3.8) is 0 Å². The first-order valence-electron chi connectivity index (χ1n) is 12.1. The van der Waals surface area contributed by atoms with E-state index in [9.17, 15) is 31.5 Å². The summed E-state index contributed by atoms with van der Waals surface area (Å²) in [7, 11) is 1.28. The average Bonchev–Trinajstić information content (AvgIpc) is 3.67. The third-order valence-corrected chi connectivity index (χ3v) is 7.14. The van der Waals surface area contributed by atoms with E-state index in [0.29, 0.717) is 18.1 Å². The fourth-order valence-electron chi connectivity index (χ4n) is 3.89. The molecule has 3 N–H and O–H groups in total. The maximum atomic E-state index is 13.6. The van der Waals surface area contributed by atoms with Gasteiger partial charge in [0.15, 0.2) is 0 Å². The van der Waals surface area contributed by atoms with Gasteiger partial charge in [-0.1, -0.05) is 23.6 Å². The molecular weight excluding hydrogens is 571 g/mol. The van der Waals surface area contributed by atoms with E-state index in [1.165, 1.54) is 24.9 Å². The zero-order valence-corrected chi connectivity index (χ0v) is 21.9. The lowest BCUT2D eigenvalue weighted by Crippen LogP contribution is -2.43. The van der Waals surface area contributed by atoms with Gasteiger partial charge in [0, 0.05) is 35.5 Å². The fraction of sp³-hybridized carbons (Fsp3) is 0.308. The minimum Gasteiger partial charge on any atom is -0.494 e. The highest BCUT2D eigenvalue weighted by Crippen LogP contribution is 2.36. The summed E-state index contributed by atoms with van der Waals surface area (Å²) < 4.78 is 72.5. The van der Waals surface area contributed by atoms with Crippen molar-refractivity contribution in [2.75, 3.05) is 7.11 Å². The van der Waals surface area contributed by atoms with E-state index >= 15 is 0 Å². The first-order chi connectivity index (χ1) is 19.5. The van der Waals surface area contributed by atoms with Crippen molar-refractivity contribution < 1.29 is 31.5 Å². The number of methoxy groups -OCH3 is 1. The van der Waals surface area contributed by atoms with Gasteiger partial charge in [0.1, 0.15) is 28.1 Å². The first kappa shape index (κ1) is 28.5. The van der Waals surface area contributed by atoms with Crippen molar-refractivity contribution in [1.82, 2.24) is 30.7 Å². The number of amides is 1. The molecule has 0 aromatic carbocycles. The topological polar surface area (TPSA) is 110 Å². The van der Waals surface area contributed by atoms with Crippen molar-refractivity contribution in [2.45, 2.75) is 36.3 Å². The van der Waals surface area contributed by atoms with Gasteiger partial charge in [0.25, 0.3) is 17.9 Å². The van der Waals surface area contributed by atoms with Crippen LogP contribution in [0.1, 0.15) is 40.9 Å². The normalized spacial score (nSPS) is 18.6. The van der Waals surface area contributed by atoms with Crippen LogP contribution in [0.5, 0.6) is 5.75 Å². The number of hydrogen-bond donors (Lipinski definition) is 3. The van der Waals surface area contributed by atoms with Gasteiger partial charge in [0.2, 0.25) is 0 Å². The Kier molecular flexibility index (Phi) is 7.98. The van der Waals surface area contributed by atoms with Crippen LogP contribution in [0.4, 0.5) is 22.0 Å². The molecular formula is C26H21F5N6O3S. The standard InChI is InChI=1S/C26H21F5N6O3S/c1-40-19-12-32-18(23(27)28)9-16(19)15-10-20(37-7-6-14(8-22(37)38)26(29,30)31)33-11-17(15)24(39)34-25-36-35-21(41-25)5-4-13-2-3-13/h6-13,21,23,25,35-36H,2-3H2,1H3,(H,34,39). The number of nitrogens with zero attached hydrogens (tertiary/aromatic N) is 3. The highest BCUT2D eigenvalue weighted by atomic mass is 32.2. The number of hydrazine groups is 1. The zero-order chi connectivity index (χ0) is 29.3. The number of alkyl halides is 5. The molecule has 0 spiro atoms. The lowest BCUT2D eigenvalue weighted by atomic mass is 10.00. The molecule has 9 nitrogen and oxygen atoms in total. The summed E-state index contributed by atoms with van der Waals surface area (Å²) in [5, 5.41) is 2.48. The number of carbonyl (C=O) groups excluding carboxylic acids is 1. The quantitative estimate of drug-likeness (QED) is 0.293. The van der Waals surface area contributed by atoms with Crippen LogP contribution in [0, 0.1) is 17.8 Å². The van der Waals surface area contributed by atoms with Crippen molar-refractivity contribution in [2.24, 2.45) is 5.92 Å². The van der Waals surface area contributed by atoms with Crippen LogP contribution in [0.3, 0.4) is 0 Å². The van der Waals surface area contributed by atoms with Crippen LogP contribution in [0.2, 0.25) is 0 Å². The van der Waals surface area contributed by atoms with Gasteiger partial charge in [-0.15, -0.1) is 0 Å². The number of nitrogens with one attached hydrogen (secondary N) is 3. The maximum Gasteiger partial charge on any atom is 0.416 e. The van der Waals surface area contributed by atoms with E-state index in [2.05, 4.69) is 38.0 Å². The van der Waals surface area contributed by atoms with Gasteiger partial charge in [-0.3, -0.25) is 19.1 Å². The van der Waals surface area contributed by atoms with Crippen LogP contribution >= 0.6 is 11.8 Å². The number of carbonyl (C=O) groups is 1. The molecule has 41 heavy (non-hydrogen) atoms. The molecule has 1 aliphatic carbocycles. The Balaban J connectivity index is 1.53. The number of rotatable bonds is 6. The summed E-state index contributed by atoms with van der Waals surface area (Å²) in [6.45, 7) is 0. The molecule has 0 radical (unpaired) electrons. The second-order valence-corrected chi connectivity index (χ2v) is 10.3. The molecule has 2 atom stereocenters. The Hall–Kier alpha value is -4.00. The lowest BCUT2D eigenvalue weighted by molar-refractivity contribution is -0.137. The lowest BCUT2D eigenvalue weighted by Gasteiger charge is -2.17. The Morgan fingerprint density at radius 3 is 2.59 bits per heavy atom. The molecule has 214 valence electrons. The molecule has 4 heterocycles. The minimum absolute atomic E-state index is 0.0291. The molecule has 2 unspecified atom stereocenters. The monoisotopic (exact) mass is 592 g/mol. The van der Waals surface area contributed by atoms with E-state index < -0.39 is 40.8 Å². The molecule has 1 saturated heterocycles. The summed E-state index contributed by atoms with van der Waals surface area (Å²) in [6, 6.07) is 3.36. The van der Waals surface area contributed by atoms with E-state index in [1.54, 1.807) is 0 Å². The molecule has 1 amide bonds. The molecule has 2 aliphatic rings. The first-order valence-corrected chi connectivity index (χ1v) is 13.1. The summed E-state index contributed by atoms with van der Waals surface area (Å²) in [5.74, 6) is 5.83. The van der Waals surface area contributed by atoms with E-state index in [1.807, 2.05) is 0 Å². The molecule has 1 saturated carbocycles. The second kappa shape index (κ2) is 11.5. The predicted molar refractivity (Wildman–Crippen MR) is 139 cm³/mol. The van der Waals surface area contributed by atoms with Crippen molar-refractivity contribution in [1.29, 1.82) is 0 Å². The number of ether oxygens (including phenoxy) is 1. The van der Waals surface area contributed by atoms with Crippen LogP contribution in [-0.2, 0) is 6.18 Å². The Morgan fingerprint density at radius 1 is 1.15 bits per heavy atom. The van der Waals surface area contributed by atoms with E-state index in [0.717, 1.165) is 42.1 Å². The summed E-state index contributed by atoms with van der Waals surface area (Å²) >= 11 is 1.30. The van der Waals surface area contributed by atoms with Gasteiger partial charge >= 0.3 is 6.18 Å². The predicted octanol–water partition coefficient (Wildman–Crippen LogP) is 3.85. The van der Waals surface area contributed by atoms with Gasteiger partial charge in [-0.05, 0) is 31.0 Å². The Labute approximate surface area is 233 Å². The molecule has 0 bridgehead atoms. The minimum atomic E-state index is -4.74. The number of thioether (sulfide) groups is 1. The SMILES string of the molecule is COc1cnc(C(F)F)cc1-c1cc(-n2ccc(C(F)(F)F)cc2=O)ncc1C(=O)NC1NNC(C#CC2CC2)S1. The number of pyridine rings is 3. The van der Waals surface area contributed by atoms with Gasteiger partial charge in [0.05, 0.1) is 24.4 Å². The van der Waals surface area contributed by atoms with Crippen molar-refractivity contribution in [3.8, 4) is 34.5 Å². The van der Waals surface area contributed by atoms with E-state index in [-0.39, 0.29) is 33.6 Å². The van der Waals surface area contributed by atoms with Crippen molar-refractivity contribution in [3.05, 3.63) is 70.0 Å². The third-order valence-electron chi connectivity index (χ3n) is 6.13. The zero-order valence-electron chi connectivity index (χ0n) is 21.1. The molecule has 3 aromatic heterocycles. The van der Waals surface area contributed by atoms with E-state index in [4.69, 9.17) is 4.74 Å². The molecule has 1 aliphatic heterocycles. The van der Waals surface area contributed by atoms with Gasteiger partial charge < -0.3 is 10.1 Å². The molecule has 3 aromatic rings. The number of aromatic nitrogens is 3. The van der Waals surface area contributed by atoms with Gasteiger partial charge in [-0.25, -0.2) is 24.6 Å². The number of halogens is 5. The summed E-state index contributed by atoms with van der Waals surface area (Å²) in [4.78, 5) is 33.8. The highest BCUT2D eigenvalue weighted by Gasteiger charge is 2.31. The Morgan fingerprint density at radius 2 is 1.93 bits per heavy atom. The largest absolute Gasteiger partial charge is 0.494 e. The molecule has 5 rings (SSSR count). The van der Waals surface area contributed by atoms with Crippen molar-refractivity contribution >= 4 is 17.7 Å².